The smallest absolute Gasteiger partial charge is 0.257 e. The van der Waals surface area contributed by atoms with Crippen molar-refractivity contribution in [3.8, 4) is 11.1 Å². The van der Waals surface area contributed by atoms with Crippen LogP contribution < -0.4 is 5.32 Å². The normalized spacial score (nSPS) is 10.5. The standard InChI is InChI=1S/C21H16Cl2N2O2/c1-12-9-18(14-3-6-16(22)7-4-14)19(10-17(12)13(2)26)25-21(27)15-5-8-20(23)24-11-15/h3-11H,1-2H3,(H,25,27). The van der Waals surface area contributed by atoms with E-state index >= 15 is 0 Å². The molecule has 0 saturated carbocycles. The number of anilines is 1. The Balaban J connectivity index is 2.06. The van der Waals surface area contributed by atoms with Crippen LogP contribution in [0.25, 0.3) is 11.1 Å². The van der Waals surface area contributed by atoms with Gasteiger partial charge in [0.15, 0.2) is 5.78 Å². The number of rotatable bonds is 4. The first-order valence-electron chi connectivity index (χ1n) is 8.19. The van der Waals surface area contributed by atoms with Crippen LogP contribution in [0.5, 0.6) is 0 Å². The molecule has 0 aliphatic carbocycles. The predicted octanol–water partition coefficient (Wildman–Crippen LogP) is 5.82. The van der Waals surface area contributed by atoms with Crippen LogP contribution >= 0.6 is 23.2 Å². The van der Waals surface area contributed by atoms with Gasteiger partial charge in [0.2, 0.25) is 0 Å². The van der Waals surface area contributed by atoms with E-state index in [9.17, 15) is 9.59 Å². The summed E-state index contributed by atoms with van der Waals surface area (Å²) in [5, 5.41) is 3.80. The minimum Gasteiger partial charge on any atom is -0.321 e. The highest BCUT2D eigenvalue weighted by atomic mass is 35.5. The van der Waals surface area contributed by atoms with E-state index in [1.165, 1.54) is 13.1 Å². The van der Waals surface area contributed by atoms with Gasteiger partial charge in [-0.3, -0.25) is 9.59 Å². The molecular formula is C21H16Cl2N2O2. The van der Waals surface area contributed by atoms with Crippen molar-refractivity contribution in [2.75, 3.05) is 5.32 Å². The largest absolute Gasteiger partial charge is 0.321 e. The monoisotopic (exact) mass is 398 g/mol. The summed E-state index contributed by atoms with van der Waals surface area (Å²) < 4.78 is 0. The molecule has 0 spiro atoms. The lowest BCUT2D eigenvalue weighted by Crippen LogP contribution is -2.14. The SMILES string of the molecule is CC(=O)c1cc(NC(=O)c2ccc(Cl)nc2)c(-c2ccc(Cl)cc2)cc1C. The molecule has 0 aliphatic heterocycles. The maximum Gasteiger partial charge on any atom is 0.257 e. The second-order valence-corrected chi connectivity index (χ2v) is 6.92. The van der Waals surface area contributed by atoms with Crippen molar-refractivity contribution < 1.29 is 9.59 Å². The summed E-state index contributed by atoms with van der Waals surface area (Å²) in [6.07, 6.45) is 1.40. The molecule has 0 unspecified atom stereocenters. The molecule has 0 radical (unpaired) electrons. The van der Waals surface area contributed by atoms with E-state index in [0.29, 0.717) is 27.0 Å². The number of nitrogens with zero attached hydrogens (tertiary/aromatic N) is 1. The second kappa shape index (κ2) is 7.91. The molecule has 2 aromatic carbocycles. The molecule has 0 fully saturated rings. The highest BCUT2D eigenvalue weighted by Gasteiger charge is 2.15. The molecule has 0 bridgehead atoms. The van der Waals surface area contributed by atoms with Crippen molar-refractivity contribution in [2.45, 2.75) is 13.8 Å². The molecule has 1 N–H and O–H groups in total. The number of benzene rings is 2. The predicted molar refractivity (Wildman–Crippen MR) is 109 cm³/mol. The Morgan fingerprint density at radius 1 is 1.00 bits per heavy atom. The van der Waals surface area contributed by atoms with Crippen molar-refractivity contribution >= 4 is 40.6 Å². The molecule has 1 aromatic heterocycles. The average Bonchev–Trinajstić information content (AvgIpc) is 2.64. The highest BCUT2D eigenvalue weighted by Crippen LogP contribution is 2.32. The number of amides is 1. The Morgan fingerprint density at radius 2 is 1.70 bits per heavy atom. The van der Waals surface area contributed by atoms with Crippen molar-refractivity contribution in [1.82, 2.24) is 4.98 Å². The van der Waals surface area contributed by atoms with Gasteiger partial charge in [0.25, 0.3) is 5.91 Å². The summed E-state index contributed by atoms with van der Waals surface area (Å²) in [6, 6.07) is 14.0. The number of carbonyl (C=O) groups excluding carboxylic acids is 2. The zero-order valence-corrected chi connectivity index (χ0v) is 16.2. The summed E-state index contributed by atoms with van der Waals surface area (Å²) in [7, 11) is 0. The number of hydrogen-bond acceptors (Lipinski definition) is 3. The van der Waals surface area contributed by atoms with Gasteiger partial charge in [-0.1, -0.05) is 35.3 Å². The van der Waals surface area contributed by atoms with Crippen molar-refractivity contribution in [1.29, 1.82) is 0 Å². The van der Waals surface area contributed by atoms with E-state index in [0.717, 1.165) is 16.7 Å². The van der Waals surface area contributed by atoms with E-state index in [1.807, 2.05) is 25.1 Å². The number of aromatic nitrogens is 1. The van der Waals surface area contributed by atoms with Gasteiger partial charge in [0.1, 0.15) is 5.15 Å². The van der Waals surface area contributed by atoms with E-state index in [2.05, 4.69) is 10.3 Å². The topological polar surface area (TPSA) is 59.1 Å². The lowest BCUT2D eigenvalue weighted by molar-refractivity contribution is 0.101. The lowest BCUT2D eigenvalue weighted by atomic mass is 9.96. The summed E-state index contributed by atoms with van der Waals surface area (Å²) in [5.74, 6) is -0.411. The fraction of sp³-hybridized carbons (Fsp3) is 0.0952. The van der Waals surface area contributed by atoms with Crippen LogP contribution in [-0.2, 0) is 0 Å². The summed E-state index contributed by atoms with van der Waals surface area (Å²) >= 11 is 11.8. The quantitative estimate of drug-likeness (QED) is 0.444. The number of ketones is 1. The Bertz CT molecular complexity index is 1010. The zero-order valence-electron chi connectivity index (χ0n) is 14.7. The van der Waals surface area contributed by atoms with Gasteiger partial charge in [0, 0.05) is 28.0 Å². The summed E-state index contributed by atoms with van der Waals surface area (Å²) in [5.41, 5.74) is 3.96. The zero-order chi connectivity index (χ0) is 19.6. The first kappa shape index (κ1) is 19.1. The minimum absolute atomic E-state index is 0.0705. The molecule has 1 amide bonds. The van der Waals surface area contributed by atoms with Gasteiger partial charge in [-0.05, 0) is 61.4 Å². The molecule has 0 atom stereocenters. The maximum absolute atomic E-state index is 12.6. The van der Waals surface area contributed by atoms with Gasteiger partial charge < -0.3 is 5.32 Å². The number of pyridine rings is 1. The Labute approximate surface area is 167 Å². The minimum atomic E-state index is -0.340. The third-order valence-electron chi connectivity index (χ3n) is 4.14. The lowest BCUT2D eigenvalue weighted by Gasteiger charge is -2.15. The van der Waals surface area contributed by atoms with Crippen LogP contribution in [0.1, 0.15) is 33.2 Å². The number of carbonyl (C=O) groups is 2. The van der Waals surface area contributed by atoms with Crippen LogP contribution in [0.3, 0.4) is 0 Å². The molecule has 3 rings (SSSR count). The van der Waals surface area contributed by atoms with Crippen molar-refractivity contribution in [2.24, 2.45) is 0 Å². The van der Waals surface area contributed by atoms with Crippen LogP contribution in [0, 0.1) is 6.92 Å². The fourth-order valence-electron chi connectivity index (χ4n) is 2.76. The number of Topliss-reactive ketones (excluding diaryl/α,β-unsaturated/α-hetero) is 1. The third-order valence-corrected chi connectivity index (χ3v) is 4.61. The molecule has 27 heavy (non-hydrogen) atoms. The number of nitrogens with one attached hydrogen (secondary N) is 1. The molecule has 3 aromatic rings. The first-order valence-corrected chi connectivity index (χ1v) is 8.95. The maximum atomic E-state index is 12.6. The van der Waals surface area contributed by atoms with Crippen LogP contribution in [-0.4, -0.2) is 16.7 Å². The molecule has 4 nitrogen and oxygen atoms in total. The molecule has 6 heteroatoms. The first-order chi connectivity index (χ1) is 12.8. The van der Waals surface area contributed by atoms with Crippen LogP contribution in [0.2, 0.25) is 10.2 Å². The van der Waals surface area contributed by atoms with Gasteiger partial charge in [-0.2, -0.15) is 0 Å². The van der Waals surface area contributed by atoms with Gasteiger partial charge in [-0.25, -0.2) is 4.98 Å². The molecular weight excluding hydrogens is 383 g/mol. The fourth-order valence-corrected chi connectivity index (χ4v) is 3.00. The van der Waals surface area contributed by atoms with E-state index in [-0.39, 0.29) is 11.7 Å². The third kappa shape index (κ3) is 4.35. The van der Waals surface area contributed by atoms with Gasteiger partial charge >= 0.3 is 0 Å². The van der Waals surface area contributed by atoms with E-state index < -0.39 is 0 Å². The molecule has 136 valence electrons. The molecule has 0 saturated heterocycles. The van der Waals surface area contributed by atoms with E-state index in [1.54, 1.807) is 30.3 Å². The van der Waals surface area contributed by atoms with Gasteiger partial charge in [-0.15, -0.1) is 0 Å². The number of hydrogen-bond donors (Lipinski definition) is 1. The van der Waals surface area contributed by atoms with Crippen molar-refractivity contribution in [3.63, 3.8) is 0 Å². The molecule has 1 heterocycles. The average molecular weight is 399 g/mol. The second-order valence-electron chi connectivity index (χ2n) is 6.10. The Kier molecular flexibility index (Phi) is 5.59. The van der Waals surface area contributed by atoms with Gasteiger partial charge in [0.05, 0.1) is 5.56 Å². The number of halogens is 2. The van der Waals surface area contributed by atoms with Crippen LogP contribution in [0.4, 0.5) is 5.69 Å². The van der Waals surface area contributed by atoms with E-state index in [4.69, 9.17) is 23.2 Å². The Hall–Kier alpha value is -2.69. The molecule has 0 aliphatic rings. The van der Waals surface area contributed by atoms with Crippen molar-refractivity contribution in [3.05, 3.63) is 81.6 Å². The summed E-state index contributed by atoms with van der Waals surface area (Å²) in [6.45, 7) is 3.36. The number of aryl methyl sites for hydroxylation is 1. The highest BCUT2D eigenvalue weighted by molar-refractivity contribution is 6.30. The van der Waals surface area contributed by atoms with Crippen LogP contribution in [0.15, 0.2) is 54.7 Å². The Morgan fingerprint density at radius 3 is 2.30 bits per heavy atom. The summed E-state index contributed by atoms with van der Waals surface area (Å²) in [4.78, 5) is 28.5.